The number of nitrogens with zero attached hydrogens (tertiary/aromatic N) is 4. The summed E-state index contributed by atoms with van der Waals surface area (Å²) in [7, 11) is 3.63. The van der Waals surface area contributed by atoms with Crippen molar-refractivity contribution < 1.29 is 0 Å². The van der Waals surface area contributed by atoms with Crippen LogP contribution in [0.1, 0.15) is 25.0 Å². The Morgan fingerprint density at radius 3 is 1.86 bits per heavy atom. The van der Waals surface area contributed by atoms with E-state index < -0.39 is 0 Å². The van der Waals surface area contributed by atoms with Gasteiger partial charge >= 0.3 is 5.69 Å². The minimum Gasteiger partial charge on any atom is -0.295 e. The van der Waals surface area contributed by atoms with Gasteiger partial charge in [-0.05, 0) is 86.6 Å². The highest BCUT2D eigenvalue weighted by molar-refractivity contribution is 5.94. The van der Waals surface area contributed by atoms with Crippen LogP contribution in [0.15, 0.2) is 138 Å². The maximum Gasteiger partial charge on any atom is 0.328 e. The maximum atomic E-state index is 12.6. The van der Waals surface area contributed by atoms with Gasteiger partial charge in [-0.1, -0.05) is 105 Å². The molecule has 8 aromatic rings. The first-order valence-corrected chi connectivity index (χ1v) is 16.7. The van der Waals surface area contributed by atoms with Crippen LogP contribution in [-0.4, -0.2) is 19.1 Å². The van der Waals surface area contributed by atoms with Crippen molar-refractivity contribution in [2.45, 2.75) is 19.3 Å². The second kappa shape index (κ2) is 10.7. The summed E-state index contributed by atoms with van der Waals surface area (Å²) in [5.74, 6) is 0.688. The summed E-state index contributed by atoms with van der Waals surface area (Å²) in [6, 6.07) is 47.1. The van der Waals surface area contributed by atoms with Gasteiger partial charge in [0.25, 0.3) is 0 Å². The molecule has 9 rings (SSSR count). The van der Waals surface area contributed by atoms with Crippen molar-refractivity contribution in [1.82, 2.24) is 19.1 Å². The normalized spacial score (nSPS) is 13.1. The Hall–Kier alpha value is -6.07. The third-order valence-electron chi connectivity index (χ3n) is 10.4. The predicted octanol–water partition coefficient (Wildman–Crippen LogP) is 9.79. The summed E-state index contributed by atoms with van der Waals surface area (Å²) in [5.41, 5.74) is 13.8. The highest BCUT2D eigenvalue weighted by Gasteiger charge is 2.36. The number of hydrogen-bond acceptors (Lipinski definition) is 3. The molecule has 6 aromatic carbocycles. The van der Waals surface area contributed by atoms with Crippen LogP contribution in [0.3, 0.4) is 0 Å². The van der Waals surface area contributed by atoms with E-state index in [0.29, 0.717) is 5.82 Å². The summed E-state index contributed by atoms with van der Waals surface area (Å²) in [4.78, 5) is 22.9. The highest BCUT2D eigenvalue weighted by Crippen LogP contribution is 2.50. The van der Waals surface area contributed by atoms with Gasteiger partial charge in [-0.15, -0.1) is 0 Å². The predicted molar refractivity (Wildman–Crippen MR) is 201 cm³/mol. The Morgan fingerprint density at radius 2 is 1.08 bits per heavy atom. The second-order valence-corrected chi connectivity index (χ2v) is 13.6. The first-order valence-electron chi connectivity index (χ1n) is 16.7. The smallest absolute Gasteiger partial charge is 0.295 e. The average Bonchev–Trinajstić information content (AvgIpc) is 3.50. The van der Waals surface area contributed by atoms with E-state index in [1.165, 1.54) is 33.0 Å². The van der Waals surface area contributed by atoms with Crippen LogP contribution < -0.4 is 5.69 Å². The van der Waals surface area contributed by atoms with Gasteiger partial charge in [-0.25, -0.2) is 14.8 Å². The van der Waals surface area contributed by atoms with E-state index >= 15 is 0 Å². The molecule has 2 aromatic heterocycles. The zero-order valence-electron chi connectivity index (χ0n) is 27.9. The summed E-state index contributed by atoms with van der Waals surface area (Å²) in [6.45, 7) is 4.65. The molecule has 0 saturated heterocycles. The summed E-state index contributed by atoms with van der Waals surface area (Å²) < 4.78 is 3.38. The molecule has 0 atom stereocenters. The third kappa shape index (κ3) is 4.57. The maximum absolute atomic E-state index is 12.6. The fourth-order valence-corrected chi connectivity index (χ4v) is 7.58. The Bertz CT molecular complexity index is 2680. The number of aryl methyl sites for hydroxylation is 2. The van der Waals surface area contributed by atoms with Crippen molar-refractivity contribution in [2.75, 3.05) is 0 Å². The van der Waals surface area contributed by atoms with Gasteiger partial charge in [0.1, 0.15) is 0 Å². The Balaban J connectivity index is 1.18. The minimum absolute atomic E-state index is 0.0323. The van der Waals surface area contributed by atoms with E-state index in [4.69, 9.17) is 9.97 Å². The molecule has 2 heterocycles. The van der Waals surface area contributed by atoms with Crippen molar-refractivity contribution in [1.29, 1.82) is 0 Å². The van der Waals surface area contributed by atoms with Gasteiger partial charge in [-0.3, -0.25) is 9.13 Å². The van der Waals surface area contributed by atoms with Crippen molar-refractivity contribution in [3.05, 3.63) is 155 Å². The first kappa shape index (κ1) is 29.1. The molecule has 236 valence electrons. The van der Waals surface area contributed by atoms with Crippen LogP contribution in [0, 0.1) is 0 Å². The molecule has 1 aliphatic rings. The molecule has 0 amide bonds. The fourth-order valence-electron chi connectivity index (χ4n) is 7.58. The van der Waals surface area contributed by atoms with Crippen molar-refractivity contribution >= 4 is 21.8 Å². The number of rotatable bonds is 4. The van der Waals surface area contributed by atoms with Gasteiger partial charge < -0.3 is 0 Å². The number of fused-ring (bicyclic) bond motifs is 5. The first-order chi connectivity index (χ1) is 23.8. The van der Waals surface area contributed by atoms with Crippen LogP contribution in [0.5, 0.6) is 0 Å². The lowest BCUT2D eigenvalue weighted by molar-refractivity contribution is 0.661. The van der Waals surface area contributed by atoms with Crippen LogP contribution in [0.2, 0.25) is 0 Å². The van der Waals surface area contributed by atoms with Gasteiger partial charge in [0.05, 0.1) is 22.4 Å². The van der Waals surface area contributed by atoms with Crippen LogP contribution in [0.4, 0.5) is 0 Å². The zero-order chi connectivity index (χ0) is 33.4. The van der Waals surface area contributed by atoms with E-state index in [9.17, 15) is 4.79 Å². The van der Waals surface area contributed by atoms with Gasteiger partial charge in [0, 0.05) is 36.2 Å². The van der Waals surface area contributed by atoms with Gasteiger partial charge in [0.2, 0.25) is 0 Å². The van der Waals surface area contributed by atoms with E-state index in [1.54, 1.807) is 9.13 Å². The minimum atomic E-state index is -0.152. The standard InChI is InChI=1S/C44H34N4O/c1-44(2)36-24-33(17-19-34(36)35-22-29-13-8-9-14-30(29)23-37(35)44)39-26-38(45-42(46-39)27-11-6-5-7-12-27)32-16-10-15-28(21-32)31-18-20-40-41(25-31)48(4)43(49)47(40)3/h5-26H,1-4H3. The molecular weight excluding hydrogens is 601 g/mol. The molecule has 0 fully saturated rings. The topological polar surface area (TPSA) is 52.7 Å². The number of aromatic nitrogens is 4. The average molecular weight is 635 g/mol. The lowest BCUT2D eigenvalue weighted by Gasteiger charge is -2.22. The zero-order valence-corrected chi connectivity index (χ0v) is 27.9. The lowest BCUT2D eigenvalue weighted by Crippen LogP contribution is -2.19. The van der Waals surface area contributed by atoms with Crippen molar-refractivity contribution in [3.8, 4) is 56.2 Å². The molecule has 5 nitrogen and oxygen atoms in total. The molecule has 0 bridgehead atoms. The van der Waals surface area contributed by atoms with Crippen LogP contribution in [-0.2, 0) is 19.5 Å². The largest absolute Gasteiger partial charge is 0.328 e. The molecule has 0 aliphatic heterocycles. The van der Waals surface area contributed by atoms with E-state index in [0.717, 1.165) is 50.2 Å². The second-order valence-electron chi connectivity index (χ2n) is 13.6. The molecule has 0 unspecified atom stereocenters. The van der Waals surface area contributed by atoms with Crippen LogP contribution >= 0.6 is 0 Å². The highest BCUT2D eigenvalue weighted by atomic mass is 16.1. The monoisotopic (exact) mass is 634 g/mol. The van der Waals surface area contributed by atoms with Gasteiger partial charge in [0.15, 0.2) is 5.82 Å². The Kier molecular flexibility index (Phi) is 6.37. The van der Waals surface area contributed by atoms with Crippen molar-refractivity contribution in [3.63, 3.8) is 0 Å². The molecular formula is C44H34N4O. The number of imidazole rings is 1. The molecule has 0 N–H and O–H groups in total. The summed E-state index contributed by atoms with van der Waals surface area (Å²) in [5, 5.41) is 2.53. The molecule has 0 spiro atoms. The Labute approximate surface area is 284 Å². The Morgan fingerprint density at radius 1 is 0.490 bits per heavy atom. The SMILES string of the molecule is Cn1c(=O)n(C)c2cc(-c3cccc(-c4cc(-c5ccc6c(c5)C(C)(C)c5cc7ccccc7cc5-6)nc(-c5ccccc5)n4)c3)ccc21. The summed E-state index contributed by atoms with van der Waals surface area (Å²) >= 11 is 0. The van der Waals surface area contributed by atoms with Crippen LogP contribution in [0.25, 0.3) is 78.0 Å². The molecule has 5 heteroatoms. The van der Waals surface area contributed by atoms with Gasteiger partial charge in [-0.2, -0.15) is 0 Å². The van der Waals surface area contributed by atoms with E-state index in [-0.39, 0.29) is 11.1 Å². The quantitative estimate of drug-likeness (QED) is 0.194. The number of benzene rings is 6. The third-order valence-corrected chi connectivity index (χ3v) is 10.4. The van der Waals surface area contributed by atoms with E-state index in [2.05, 4.69) is 123 Å². The summed E-state index contributed by atoms with van der Waals surface area (Å²) in [6.07, 6.45) is 0. The molecule has 1 aliphatic carbocycles. The lowest BCUT2D eigenvalue weighted by atomic mass is 9.81. The number of hydrogen-bond donors (Lipinski definition) is 0. The van der Waals surface area contributed by atoms with Crippen molar-refractivity contribution in [2.24, 2.45) is 14.1 Å². The van der Waals surface area contributed by atoms with E-state index in [1.807, 2.05) is 38.4 Å². The molecule has 0 radical (unpaired) electrons. The molecule has 0 saturated carbocycles. The fraction of sp³-hybridized carbons (Fsp3) is 0.114. The molecule has 49 heavy (non-hydrogen) atoms.